The summed E-state index contributed by atoms with van der Waals surface area (Å²) >= 11 is 0. The number of hydrogen-bond acceptors (Lipinski definition) is 3. The Kier molecular flexibility index (Phi) is 3.94. The van der Waals surface area contributed by atoms with Gasteiger partial charge < -0.3 is 15.0 Å². The van der Waals surface area contributed by atoms with E-state index in [0.717, 1.165) is 29.3 Å². The van der Waals surface area contributed by atoms with Crippen molar-refractivity contribution in [2.24, 2.45) is 0 Å². The van der Waals surface area contributed by atoms with Crippen molar-refractivity contribution < 1.29 is 19.0 Å². The highest BCUT2D eigenvalue weighted by Gasteiger charge is 2.19. The van der Waals surface area contributed by atoms with Crippen LogP contribution in [0.4, 0.5) is 11.4 Å². The lowest BCUT2D eigenvalue weighted by Crippen LogP contribution is -2.38. The molecule has 1 heterocycles. The molecule has 5 nitrogen and oxygen atoms in total. The molecule has 2 aromatic rings. The van der Waals surface area contributed by atoms with Crippen molar-refractivity contribution in [2.75, 3.05) is 47.6 Å². The molecule has 0 spiro atoms. The molecule has 3 rings (SSSR count). The lowest BCUT2D eigenvalue weighted by Gasteiger charge is -2.26. The zero-order valence-corrected chi connectivity index (χ0v) is 15.4. The maximum atomic E-state index is 5.93. The van der Waals surface area contributed by atoms with E-state index in [2.05, 4.69) is 29.6 Å². The second-order valence-corrected chi connectivity index (χ2v) is 7.90. The van der Waals surface area contributed by atoms with Gasteiger partial charge in [-0.25, -0.2) is 0 Å². The molecule has 0 saturated heterocycles. The number of benzene rings is 2. The summed E-state index contributed by atoms with van der Waals surface area (Å²) in [4.78, 5) is 11.9. The third-order valence-electron chi connectivity index (χ3n) is 3.56. The van der Waals surface area contributed by atoms with Gasteiger partial charge in [-0.05, 0) is 47.5 Å². The van der Waals surface area contributed by atoms with Crippen molar-refractivity contribution in [3.05, 3.63) is 47.5 Å². The van der Waals surface area contributed by atoms with Crippen LogP contribution in [0.1, 0.15) is 11.1 Å². The van der Waals surface area contributed by atoms with Crippen LogP contribution in [0.2, 0.25) is 0 Å². The van der Waals surface area contributed by atoms with Crippen LogP contribution in [0.15, 0.2) is 36.4 Å². The van der Waals surface area contributed by atoms with E-state index in [1.165, 1.54) is 11.1 Å². The molecule has 0 aromatic heterocycles. The first-order valence-electron chi connectivity index (χ1n) is 8.14. The second-order valence-electron chi connectivity index (χ2n) is 7.90. The third-order valence-corrected chi connectivity index (χ3v) is 3.56. The van der Waals surface area contributed by atoms with E-state index in [4.69, 9.17) is 9.68 Å². The normalized spacial score (nSPS) is 13.6. The van der Waals surface area contributed by atoms with Crippen LogP contribution >= 0.6 is 0 Å². The van der Waals surface area contributed by atoms with E-state index in [1.807, 2.05) is 54.4 Å². The van der Waals surface area contributed by atoms with Gasteiger partial charge in [0.2, 0.25) is 0 Å². The van der Waals surface area contributed by atoms with Gasteiger partial charge >= 0.3 is 0 Å². The van der Waals surface area contributed by atoms with Gasteiger partial charge in [0.1, 0.15) is 42.3 Å². The van der Waals surface area contributed by atoms with Gasteiger partial charge in [0.25, 0.3) is 0 Å². The van der Waals surface area contributed by atoms with E-state index in [-0.39, 0.29) is 0 Å². The number of anilines is 2. The maximum absolute atomic E-state index is 5.93. The fourth-order valence-electron chi connectivity index (χ4n) is 2.77. The molecule has 128 valence electrons. The first kappa shape index (κ1) is 16.6. The van der Waals surface area contributed by atoms with Gasteiger partial charge in [0, 0.05) is 17.8 Å². The van der Waals surface area contributed by atoms with Crippen LogP contribution in [0.5, 0.6) is 11.5 Å². The Labute approximate surface area is 144 Å². The highest BCUT2D eigenvalue weighted by molar-refractivity contribution is 5.73. The second kappa shape index (κ2) is 5.69. The molecule has 1 N–H and O–H groups in total. The number of rotatable bonds is 4. The van der Waals surface area contributed by atoms with Gasteiger partial charge in [-0.3, -0.25) is 0 Å². The summed E-state index contributed by atoms with van der Waals surface area (Å²) in [6.45, 7) is 0. The number of hydroxylamine groups is 6. The topological polar surface area (TPSA) is 30.5 Å². The summed E-state index contributed by atoms with van der Waals surface area (Å²) in [5.41, 5.74) is 4.74. The average Bonchev–Trinajstić information content (AvgIpc) is 2.41. The molecule has 2 aromatic carbocycles. The first-order valence-corrected chi connectivity index (χ1v) is 8.14. The molecule has 24 heavy (non-hydrogen) atoms. The number of quaternary nitrogens is 2. The Morgan fingerprint density at radius 1 is 0.708 bits per heavy atom. The standard InChI is InChI=1S/C19H27N3O2/c1-21(2,3)23-16-7-9-18-14(12-16)11-15-13-17(24-22(4,5)6)8-10-19(15)20-18/h7-10,12-13,20H,11H2,1-6H3/q+2. The molecule has 5 heteroatoms. The van der Waals surface area contributed by atoms with Crippen LogP contribution in [0.25, 0.3) is 0 Å². The van der Waals surface area contributed by atoms with Crippen molar-refractivity contribution >= 4 is 11.4 Å². The smallest absolute Gasteiger partial charge is 0.190 e. The summed E-state index contributed by atoms with van der Waals surface area (Å²) < 4.78 is 0.870. The predicted molar refractivity (Wildman–Crippen MR) is 96.3 cm³/mol. The minimum atomic E-state index is 0.435. The quantitative estimate of drug-likeness (QED) is 0.588. The van der Waals surface area contributed by atoms with E-state index in [9.17, 15) is 0 Å². The van der Waals surface area contributed by atoms with Crippen LogP contribution in [-0.4, -0.2) is 51.6 Å². The Balaban J connectivity index is 1.86. The molecule has 1 aliphatic heterocycles. The molecule has 0 saturated carbocycles. The monoisotopic (exact) mass is 329 g/mol. The van der Waals surface area contributed by atoms with E-state index in [1.54, 1.807) is 0 Å². The van der Waals surface area contributed by atoms with Crippen LogP contribution in [0.3, 0.4) is 0 Å². The summed E-state index contributed by atoms with van der Waals surface area (Å²) in [6.07, 6.45) is 0.861. The van der Waals surface area contributed by atoms with E-state index < -0.39 is 0 Å². The Bertz CT molecular complexity index is 695. The molecule has 0 radical (unpaired) electrons. The predicted octanol–water partition coefficient (Wildman–Crippen LogP) is 3.33. The van der Waals surface area contributed by atoms with Crippen molar-refractivity contribution in [2.45, 2.75) is 6.42 Å². The molecule has 1 aliphatic rings. The molecule has 0 atom stereocenters. The molecule has 0 unspecified atom stereocenters. The minimum absolute atomic E-state index is 0.435. The largest absolute Gasteiger partial charge is 0.355 e. The molecular formula is C19H27N3O2+2. The highest BCUT2D eigenvalue weighted by atomic mass is 16.7. The van der Waals surface area contributed by atoms with Gasteiger partial charge in [-0.2, -0.15) is 0 Å². The van der Waals surface area contributed by atoms with Gasteiger partial charge in [-0.1, -0.05) is 0 Å². The Morgan fingerprint density at radius 2 is 1.12 bits per heavy atom. The summed E-state index contributed by atoms with van der Waals surface area (Å²) in [6, 6.07) is 12.4. The van der Waals surface area contributed by atoms with Crippen molar-refractivity contribution in [1.29, 1.82) is 0 Å². The van der Waals surface area contributed by atoms with Gasteiger partial charge in [0.15, 0.2) is 11.5 Å². The summed E-state index contributed by atoms with van der Waals surface area (Å²) in [5.74, 6) is 1.76. The fourth-order valence-corrected chi connectivity index (χ4v) is 2.77. The summed E-state index contributed by atoms with van der Waals surface area (Å²) in [7, 11) is 12.0. The number of fused-ring (bicyclic) bond motifs is 2. The average molecular weight is 329 g/mol. The fraction of sp³-hybridized carbons (Fsp3) is 0.368. The van der Waals surface area contributed by atoms with Crippen molar-refractivity contribution in [1.82, 2.24) is 0 Å². The molecule has 0 fully saturated rings. The Hall–Kier alpha value is -2.24. The number of hydrogen-bond donors (Lipinski definition) is 1. The molecular weight excluding hydrogens is 302 g/mol. The lowest BCUT2D eigenvalue weighted by molar-refractivity contribution is -1.03. The lowest BCUT2D eigenvalue weighted by atomic mass is 9.97. The number of nitrogens with one attached hydrogen (secondary N) is 1. The van der Waals surface area contributed by atoms with Crippen molar-refractivity contribution in [3.8, 4) is 11.5 Å². The van der Waals surface area contributed by atoms with Crippen molar-refractivity contribution in [3.63, 3.8) is 0 Å². The first-order chi connectivity index (χ1) is 11.1. The number of nitrogens with zero attached hydrogens (tertiary/aromatic N) is 2. The molecule has 0 aliphatic carbocycles. The SMILES string of the molecule is C[N+](C)(C)Oc1ccc2c(c1)Cc1cc(O[N+](C)(C)C)ccc1N2. The molecule has 0 bridgehead atoms. The maximum Gasteiger partial charge on any atom is 0.190 e. The Morgan fingerprint density at radius 3 is 1.50 bits per heavy atom. The van der Waals surface area contributed by atoms with Crippen LogP contribution < -0.4 is 15.0 Å². The van der Waals surface area contributed by atoms with Crippen LogP contribution in [-0.2, 0) is 6.42 Å². The van der Waals surface area contributed by atoms with Crippen LogP contribution in [0, 0.1) is 0 Å². The third kappa shape index (κ3) is 3.99. The zero-order chi connectivity index (χ0) is 17.5. The minimum Gasteiger partial charge on any atom is -0.355 e. The highest BCUT2D eigenvalue weighted by Crippen LogP contribution is 2.36. The zero-order valence-electron chi connectivity index (χ0n) is 15.4. The summed E-state index contributed by atoms with van der Waals surface area (Å²) in [5, 5.41) is 3.50. The molecule has 0 amide bonds. The van der Waals surface area contributed by atoms with E-state index >= 15 is 0 Å². The van der Waals surface area contributed by atoms with E-state index in [0.29, 0.717) is 9.29 Å². The van der Waals surface area contributed by atoms with Gasteiger partial charge in [0.05, 0.1) is 0 Å². The van der Waals surface area contributed by atoms with Gasteiger partial charge in [-0.15, -0.1) is 9.29 Å².